The molecule has 6 rings (SSSR count). The van der Waals surface area contributed by atoms with E-state index in [-0.39, 0.29) is 43.2 Å². The maximum absolute atomic E-state index is 14.5. The predicted molar refractivity (Wildman–Crippen MR) is 258 cm³/mol. The van der Waals surface area contributed by atoms with Crippen molar-refractivity contribution in [3.8, 4) is 0 Å². The molecule has 3 aliphatic rings. The number of ether oxygens (including phenoxy) is 2. The second-order valence-corrected chi connectivity index (χ2v) is 20.3. The molecule has 2 bridgehead atoms. The van der Waals surface area contributed by atoms with Crippen molar-refractivity contribution >= 4 is 35.8 Å². The van der Waals surface area contributed by atoms with E-state index < -0.39 is 65.3 Å². The maximum atomic E-state index is 14.5. The van der Waals surface area contributed by atoms with E-state index in [9.17, 15) is 28.8 Å². The number of nitrogens with zero attached hydrogens (tertiary/aromatic N) is 2. The monoisotopic (exact) mass is 924 g/mol. The van der Waals surface area contributed by atoms with Crippen LogP contribution < -0.4 is 26.6 Å². The number of hydrogen-bond acceptors (Lipinski definition) is 9. The molecule has 5 N–H and O–H groups in total. The molecule has 3 fully saturated rings. The Bertz CT molecular complexity index is 2080. The van der Waals surface area contributed by atoms with E-state index in [0.29, 0.717) is 25.8 Å². The standard InChI is InChI=1S/C52H73N7O8/c1-35(2)28-42(55-46(61)43(29-36-20-12-9-13-21-36)56-47(62)44(30-37-22-14-10-15-23-37)57-50(65)67-52(6,7)8)45(60)54-41(26-18-19-27-53-49(64)66-51(3,4)5)48(63)59-39-31-40(59)34-58(33-39)32-38-24-16-11-17-25-38/h9-17,20-25,35,39-44H,18-19,26-34H2,1-8H3,(H,53,64)(H,54,60)(H,55,61)(H,56,62)(H,57,65). The highest BCUT2D eigenvalue weighted by atomic mass is 16.6. The number of amides is 6. The first-order chi connectivity index (χ1) is 31.7. The SMILES string of the molecule is CC(C)CC(NC(=O)C(Cc1ccccc1)NC(=O)C(Cc1ccccc1)NC(=O)OC(C)(C)C)C(=O)NC(CCCCNC(=O)OC(C)(C)C)C(=O)N1C2CC1CN(Cc1ccccc1)C2. The van der Waals surface area contributed by atoms with Crippen LogP contribution in [-0.2, 0) is 48.0 Å². The van der Waals surface area contributed by atoms with Crippen LogP contribution in [0.15, 0.2) is 91.0 Å². The Labute approximate surface area is 396 Å². The van der Waals surface area contributed by atoms with Crippen LogP contribution in [0.3, 0.4) is 0 Å². The van der Waals surface area contributed by atoms with Crippen LogP contribution in [0, 0.1) is 5.92 Å². The van der Waals surface area contributed by atoms with Gasteiger partial charge in [0, 0.05) is 51.1 Å². The molecule has 6 unspecified atom stereocenters. The van der Waals surface area contributed by atoms with E-state index >= 15 is 0 Å². The molecule has 0 saturated carbocycles. The van der Waals surface area contributed by atoms with Gasteiger partial charge in [-0.05, 0) is 96.3 Å². The Hall–Kier alpha value is -5.96. The van der Waals surface area contributed by atoms with Gasteiger partial charge in [-0.3, -0.25) is 24.1 Å². The van der Waals surface area contributed by atoms with Gasteiger partial charge in [-0.25, -0.2) is 9.59 Å². The topological polar surface area (TPSA) is 188 Å². The van der Waals surface area contributed by atoms with E-state index in [2.05, 4.69) is 43.6 Å². The van der Waals surface area contributed by atoms with Crippen molar-refractivity contribution in [1.82, 2.24) is 36.4 Å². The number of benzene rings is 3. The van der Waals surface area contributed by atoms with Gasteiger partial charge in [0.15, 0.2) is 0 Å². The van der Waals surface area contributed by atoms with Crippen LogP contribution in [0.4, 0.5) is 9.59 Å². The summed E-state index contributed by atoms with van der Waals surface area (Å²) in [6.45, 7) is 17.0. The minimum atomic E-state index is -1.15. The van der Waals surface area contributed by atoms with Crippen molar-refractivity contribution in [2.24, 2.45) is 5.92 Å². The quantitative estimate of drug-likeness (QED) is 0.0794. The first kappa shape index (κ1) is 52.0. The number of piperazine rings is 1. The summed E-state index contributed by atoms with van der Waals surface area (Å²) in [5.41, 5.74) is 1.30. The van der Waals surface area contributed by atoms with Crippen molar-refractivity contribution in [2.75, 3.05) is 19.6 Å². The average Bonchev–Trinajstić information content (AvgIpc) is 3.24. The number of carbonyl (C=O) groups excluding carboxylic acids is 6. The molecule has 15 nitrogen and oxygen atoms in total. The van der Waals surface area contributed by atoms with Crippen LogP contribution in [0.1, 0.15) is 104 Å². The number of rotatable bonds is 21. The Morgan fingerprint density at radius 3 is 1.54 bits per heavy atom. The molecule has 364 valence electrons. The lowest BCUT2D eigenvalue weighted by Crippen LogP contribution is -2.72. The molecule has 3 aromatic carbocycles. The molecule has 3 saturated heterocycles. The lowest BCUT2D eigenvalue weighted by molar-refractivity contribution is -0.158. The summed E-state index contributed by atoms with van der Waals surface area (Å²) in [7, 11) is 0. The molecule has 3 aliphatic heterocycles. The normalized spacial score (nSPS) is 17.7. The van der Waals surface area contributed by atoms with Crippen molar-refractivity contribution in [1.29, 1.82) is 0 Å². The molecule has 0 radical (unpaired) electrons. The van der Waals surface area contributed by atoms with Gasteiger partial charge >= 0.3 is 12.2 Å². The zero-order chi connectivity index (χ0) is 48.7. The highest BCUT2D eigenvalue weighted by molar-refractivity contribution is 5.95. The number of fused-ring (bicyclic) bond motifs is 2. The second-order valence-electron chi connectivity index (χ2n) is 20.3. The smallest absolute Gasteiger partial charge is 0.408 e. The Morgan fingerprint density at radius 2 is 1.03 bits per heavy atom. The fourth-order valence-electron chi connectivity index (χ4n) is 8.53. The fraction of sp³-hybridized carbons (Fsp3) is 0.538. The van der Waals surface area contributed by atoms with E-state index in [1.165, 1.54) is 5.56 Å². The molecule has 6 amide bonds. The van der Waals surface area contributed by atoms with E-state index in [1.807, 2.05) is 97.6 Å². The van der Waals surface area contributed by atoms with Gasteiger partial charge in [0.25, 0.3) is 0 Å². The molecule has 0 spiro atoms. The molecule has 3 aromatic rings. The van der Waals surface area contributed by atoms with Crippen molar-refractivity contribution in [2.45, 2.75) is 154 Å². The Balaban J connectivity index is 1.33. The number of nitrogens with one attached hydrogen (secondary N) is 5. The van der Waals surface area contributed by atoms with E-state index in [1.54, 1.807) is 41.5 Å². The lowest BCUT2D eigenvalue weighted by atomic mass is 9.85. The fourth-order valence-corrected chi connectivity index (χ4v) is 8.53. The summed E-state index contributed by atoms with van der Waals surface area (Å²) in [6, 6.07) is 24.5. The largest absolute Gasteiger partial charge is 0.444 e. The van der Waals surface area contributed by atoms with Crippen LogP contribution in [0.25, 0.3) is 0 Å². The Morgan fingerprint density at radius 1 is 0.582 bits per heavy atom. The van der Waals surface area contributed by atoms with Gasteiger partial charge in [0.05, 0.1) is 0 Å². The number of alkyl carbamates (subject to hydrolysis) is 2. The molecular weight excluding hydrogens is 851 g/mol. The van der Waals surface area contributed by atoms with Gasteiger partial charge in [-0.2, -0.15) is 0 Å². The number of hydrogen-bond donors (Lipinski definition) is 5. The van der Waals surface area contributed by atoms with Gasteiger partial charge < -0.3 is 41.0 Å². The number of carbonyl (C=O) groups is 6. The van der Waals surface area contributed by atoms with Crippen LogP contribution in [0.5, 0.6) is 0 Å². The molecule has 6 atom stereocenters. The summed E-state index contributed by atoms with van der Waals surface area (Å²) >= 11 is 0. The zero-order valence-corrected chi connectivity index (χ0v) is 40.6. The first-order valence-electron chi connectivity index (χ1n) is 23.8. The Kier molecular flexibility index (Phi) is 18.8. The summed E-state index contributed by atoms with van der Waals surface area (Å²) in [6.07, 6.45) is 1.42. The summed E-state index contributed by atoms with van der Waals surface area (Å²) < 4.78 is 10.9. The van der Waals surface area contributed by atoms with E-state index in [0.717, 1.165) is 37.2 Å². The van der Waals surface area contributed by atoms with Gasteiger partial charge in [0.1, 0.15) is 35.4 Å². The summed E-state index contributed by atoms with van der Waals surface area (Å²) in [5.74, 6) is -1.92. The van der Waals surface area contributed by atoms with Crippen LogP contribution in [-0.4, -0.2) is 113 Å². The lowest BCUT2D eigenvalue weighted by Gasteiger charge is -2.57. The second kappa shape index (κ2) is 24.2. The van der Waals surface area contributed by atoms with Crippen LogP contribution >= 0.6 is 0 Å². The van der Waals surface area contributed by atoms with Gasteiger partial charge in [-0.15, -0.1) is 0 Å². The average molecular weight is 924 g/mol. The van der Waals surface area contributed by atoms with Crippen LogP contribution in [0.2, 0.25) is 0 Å². The molecule has 0 aliphatic carbocycles. The van der Waals surface area contributed by atoms with Crippen molar-refractivity contribution in [3.05, 3.63) is 108 Å². The third-order valence-electron chi connectivity index (χ3n) is 11.5. The highest BCUT2D eigenvalue weighted by Crippen LogP contribution is 2.34. The van der Waals surface area contributed by atoms with Gasteiger partial charge in [-0.1, -0.05) is 105 Å². The predicted octanol–water partition coefficient (Wildman–Crippen LogP) is 6.05. The van der Waals surface area contributed by atoms with Crippen molar-refractivity contribution in [3.63, 3.8) is 0 Å². The number of unbranched alkanes of at least 4 members (excludes halogenated alkanes) is 1. The summed E-state index contributed by atoms with van der Waals surface area (Å²) in [5, 5.41) is 14.3. The third-order valence-corrected chi connectivity index (χ3v) is 11.5. The molecule has 67 heavy (non-hydrogen) atoms. The molecule has 15 heteroatoms. The van der Waals surface area contributed by atoms with Gasteiger partial charge in [0.2, 0.25) is 23.6 Å². The zero-order valence-electron chi connectivity index (χ0n) is 40.6. The molecule has 0 aromatic heterocycles. The highest BCUT2D eigenvalue weighted by Gasteiger charge is 2.49. The minimum Gasteiger partial charge on any atom is -0.444 e. The summed E-state index contributed by atoms with van der Waals surface area (Å²) in [4.78, 5) is 87.3. The first-order valence-corrected chi connectivity index (χ1v) is 23.8. The van der Waals surface area contributed by atoms with E-state index in [4.69, 9.17) is 9.47 Å². The third kappa shape index (κ3) is 17.3. The minimum absolute atomic E-state index is 0.00671. The maximum Gasteiger partial charge on any atom is 0.408 e. The molecule has 3 heterocycles. The number of piperidine rings is 1. The molecular formula is C52H73N7O8. The van der Waals surface area contributed by atoms with Crippen molar-refractivity contribution < 1.29 is 38.2 Å².